The summed E-state index contributed by atoms with van der Waals surface area (Å²) in [6.45, 7) is -0.000712. The van der Waals surface area contributed by atoms with Crippen LogP contribution < -0.4 is 10.1 Å². The van der Waals surface area contributed by atoms with E-state index in [4.69, 9.17) is 4.74 Å². The van der Waals surface area contributed by atoms with E-state index in [1.807, 2.05) is 0 Å². The first-order chi connectivity index (χ1) is 10.0. The van der Waals surface area contributed by atoms with Crippen LogP contribution in [0.3, 0.4) is 0 Å². The lowest BCUT2D eigenvalue weighted by atomic mass is 10.1. The van der Waals surface area contributed by atoms with Gasteiger partial charge in [0, 0.05) is 29.9 Å². The van der Waals surface area contributed by atoms with Gasteiger partial charge in [-0.3, -0.25) is 10.1 Å². The highest BCUT2D eigenvalue weighted by Crippen LogP contribution is 2.23. The number of methoxy groups -OCH3 is 1. The minimum atomic E-state index is -1.19. The minimum absolute atomic E-state index is 0.000712. The number of rotatable bonds is 5. The number of ether oxygens (including phenoxy) is 1. The lowest BCUT2D eigenvalue weighted by Gasteiger charge is -2.08. The van der Waals surface area contributed by atoms with Crippen molar-refractivity contribution < 1.29 is 18.4 Å². The molecule has 2 aromatic carbocycles. The summed E-state index contributed by atoms with van der Waals surface area (Å²) in [5, 5.41) is 13.5. The van der Waals surface area contributed by atoms with Crippen LogP contribution in [-0.4, -0.2) is 12.0 Å². The molecule has 0 saturated heterocycles. The van der Waals surface area contributed by atoms with Gasteiger partial charge in [0.05, 0.1) is 12.0 Å². The van der Waals surface area contributed by atoms with E-state index in [1.165, 1.54) is 7.11 Å². The van der Waals surface area contributed by atoms with Crippen LogP contribution in [0.5, 0.6) is 5.75 Å². The number of anilines is 1. The monoisotopic (exact) mass is 294 g/mol. The van der Waals surface area contributed by atoms with Crippen LogP contribution >= 0.6 is 0 Å². The molecule has 0 atom stereocenters. The quantitative estimate of drug-likeness (QED) is 0.677. The maximum Gasteiger partial charge on any atom is 0.305 e. The summed E-state index contributed by atoms with van der Waals surface area (Å²) in [5.74, 6) is -1.35. The van der Waals surface area contributed by atoms with E-state index >= 15 is 0 Å². The second-order valence-corrected chi connectivity index (χ2v) is 4.23. The molecule has 0 spiro atoms. The van der Waals surface area contributed by atoms with Crippen LogP contribution in [0.1, 0.15) is 5.56 Å². The minimum Gasteiger partial charge on any atom is -0.497 e. The number of hydrogen-bond acceptors (Lipinski definition) is 4. The van der Waals surface area contributed by atoms with Gasteiger partial charge >= 0.3 is 5.69 Å². The summed E-state index contributed by atoms with van der Waals surface area (Å²) in [5.41, 5.74) is -0.0518. The molecular formula is C14H12F2N2O3. The molecule has 2 rings (SSSR count). The van der Waals surface area contributed by atoms with Crippen LogP contribution in [0.25, 0.3) is 0 Å². The molecule has 21 heavy (non-hydrogen) atoms. The topological polar surface area (TPSA) is 64.4 Å². The van der Waals surface area contributed by atoms with E-state index in [-0.39, 0.29) is 12.1 Å². The summed E-state index contributed by atoms with van der Waals surface area (Å²) in [6, 6.07) is 8.27. The molecule has 0 bridgehead atoms. The normalized spacial score (nSPS) is 10.2. The molecule has 0 aromatic heterocycles. The van der Waals surface area contributed by atoms with Crippen molar-refractivity contribution in [2.45, 2.75) is 6.54 Å². The predicted octanol–water partition coefficient (Wildman–Crippen LogP) is 3.49. The van der Waals surface area contributed by atoms with Crippen LogP contribution in [0, 0.1) is 21.7 Å². The molecule has 0 radical (unpaired) electrons. The molecule has 1 N–H and O–H groups in total. The lowest BCUT2D eigenvalue weighted by Crippen LogP contribution is -2.04. The molecule has 2 aromatic rings. The number of nitrogens with one attached hydrogen (secondary N) is 1. The predicted molar refractivity (Wildman–Crippen MR) is 73.3 cm³/mol. The van der Waals surface area contributed by atoms with Crippen molar-refractivity contribution in [3.63, 3.8) is 0 Å². The van der Waals surface area contributed by atoms with E-state index < -0.39 is 22.2 Å². The van der Waals surface area contributed by atoms with Gasteiger partial charge in [0.1, 0.15) is 11.6 Å². The highest BCUT2D eigenvalue weighted by Gasteiger charge is 2.18. The van der Waals surface area contributed by atoms with Gasteiger partial charge in [-0.2, -0.15) is 4.39 Å². The Bertz CT molecular complexity index is 660. The number of benzene rings is 2. The average Bonchev–Trinajstić information content (AvgIpc) is 2.46. The molecule has 0 aliphatic carbocycles. The van der Waals surface area contributed by atoms with Crippen LogP contribution in [0.2, 0.25) is 0 Å². The first-order valence-corrected chi connectivity index (χ1v) is 6.01. The summed E-state index contributed by atoms with van der Waals surface area (Å²) in [4.78, 5) is 9.76. The largest absolute Gasteiger partial charge is 0.497 e. The average molecular weight is 294 g/mol. The fourth-order valence-corrected chi connectivity index (χ4v) is 1.76. The maximum absolute atomic E-state index is 13.6. The Balaban J connectivity index is 2.15. The summed E-state index contributed by atoms with van der Waals surface area (Å²) < 4.78 is 31.8. The number of nitrogens with zero attached hydrogens (tertiary/aromatic N) is 1. The third-order valence-corrected chi connectivity index (χ3v) is 2.89. The zero-order valence-electron chi connectivity index (χ0n) is 11.1. The van der Waals surface area contributed by atoms with Crippen molar-refractivity contribution in [1.29, 1.82) is 0 Å². The number of hydrogen-bond donors (Lipinski definition) is 1. The molecule has 110 valence electrons. The number of halogens is 2. The molecule has 5 nitrogen and oxygen atoms in total. The Morgan fingerprint density at radius 1 is 1.19 bits per heavy atom. The number of nitro benzene ring substituents is 1. The third-order valence-electron chi connectivity index (χ3n) is 2.89. The lowest BCUT2D eigenvalue weighted by molar-refractivity contribution is -0.387. The molecule has 7 heteroatoms. The first-order valence-electron chi connectivity index (χ1n) is 6.01. The zero-order valence-corrected chi connectivity index (χ0v) is 11.1. The fraction of sp³-hybridized carbons (Fsp3) is 0.143. The maximum atomic E-state index is 13.6. The van der Waals surface area contributed by atoms with Gasteiger partial charge in [0.25, 0.3) is 0 Å². The van der Waals surface area contributed by atoms with Crippen molar-refractivity contribution in [3.8, 4) is 5.75 Å². The Kier molecular flexibility index (Phi) is 4.32. The van der Waals surface area contributed by atoms with Gasteiger partial charge < -0.3 is 10.1 Å². The van der Waals surface area contributed by atoms with Gasteiger partial charge in [-0.25, -0.2) is 4.39 Å². The molecule has 0 aliphatic heterocycles. The number of nitro groups is 1. The third kappa shape index (κ3) is 3.44. The molecule has 0 unspecified atom stereocenters. The summed E-state index contributed by atoms with van der Waals surface area (Å²) >= 11 is 0. The summed E-state index contributed by atoms with van der Waals surface area (Å²) in [6.07, 6.45) is 0. The van der Waals surface area contributed by atoms with Crippen molar-refractivity contribution in [1.82, 2.24) is 0 Å². The van der Waals surface area contributed by atoms with E-state index in [2.05, 4.69) is 5.32 Å². The van der Waals surface area contributed by atoms with Crippen LogP contribution in [0.4, 0.5) is 20.2 Å². The van der Waals surface area contributed by atoms with Crippen LogP contribution in [-0.2, 0) is 6.54 Å². The van der Waals surface area contributed by atoms with Gasteiger partial charge in [-0.1, -0.05) is 0 Å². The van der Waals surface area contributed by atoms with Crippen molar-refractivity contribution in [2.24, 2.45) is 0 Å². The van der Waals surface area contributed by atoms with Gasteiger partial charge in [0.2, 0.25) is 5.82 Å². The van der Waals surface area contributed by atoms with E-state index in [9.17, 15) is 18.9 Å². The van der Waals surface area contributed by atoms with Crippen LogP contribution in [0.15, 0.2) is 36.4 Å². The SMILES string of the molecule is COc1ccc(NCc2cc([N+](=O)[O-])c(F)cc2F)cc1. The molecule has 0 aliphatic rings. The van der Waals surface area contributed by atoms with Crippen molar-refractivity contribution in [2.75, 3.05) is 12.4 Å². The smallest absolute Gasteiger partial charge is 0.305 e. The van der Waals surface area contributed by atoms with Gasteiger partial charge in [0.15, 0.2) is 0 Å². The molecule has 0 heterocycles. The van der Waals surface area contributed by atoms with Crippen molar-refractivity contribution in [3.05, 3.63) is 63.7 Å². The second-order valence-electron chi connectivity index (χ2n) is 4.23. The van der Waals surface area contributed by atoms with E-state index in [0.717, 1.165) is 6.07 Å². The molecule has 0 amide bonds. The molecule has 0 fully saturated rings. The Morgan fingerprint density at radius 2 is 1.86 bits per heavy atom. The van der Waals surface area contributed by atoms with Gasteiger partial charge in [-0.15, -0.1) is 0 Å². The molecule has 0 saturated carbocycles. The Labute approximate surface area is 119 Å². The van der Waals surface area contributed by atoms with E-state index in [1.54, 1.807) is 24.3 Å². The standard InChI is InChI=1S/C14H12F2N2O3/c1-21-11-4-2-10(3-5-11)17-8-9-6-14(18(19)20)13(16)7-12(9)15/h2-7,17H,8H2,1H3. The second kappa shape index (κ2) is 6.17. The highest BCUT2D eigenvalue weighted by atomic mass is 19.1. The van der Waals surface area contributed by atoms with E-state index in [0.29, 0.717) is 17.5 Å². The molecular weight excluding hydrogens is 282 g/mol. The summed E-state index contributed by atoms with van der Waals surface area (Å²) in [7, 11) is 1.54. The Hall–Kier alpha value is -2.70. The fourth-order valence-electron chi connectivity index (χ4n) is 1.76. The van der Waals surface area contributed by atoms with Gasteiger partial charge in [-0.05, 0) is 24.3 Å². The first kappa shape index (κ1) is 14.7. The van der Waals surface area contributed by atoms with Crippen molar-refractivity contribution >= 4 is 11.4 Å². The Morgan fingerprint density at radius 3 is 2.43 bits per heavy atom. The highest BCUT2D eigenvalue weighted by molar-refractivity contribution is 5.47. The zero-order chi connectivity index (χ0) is 15.4.